The Morgan fingerprint density at radius 2 is 1.73 bits per heavy atom. The van der Waals surface area contributed by atoms with E-state index in [-0.39, 0.29) is 0 Å². The van der Waals surface area contributed by atoms with Gasteiger partial charge in [-0.3, -0.25) is 4.90 Å². The zero-order valence-corrected chi connectivity index (χ0v) is 15.7. The summed E-state index contributed by atoms with van der Waals surface area (Å²) in [5, 5.41) is 1.49. The second kappa shape index (κ2) is 6.59. The lowest BCUT2D eigenvalue weighted by atomic mass is 9.96. The van der Waals surface area contributed by atoms with Gasteiger partial charge in [-0.05, 0) is 55.8 Å². The van der Waals surface area contributed by atoms with Gasteiger partial charge in [0.05, 0.1) is 0 Å². The van der Waals surface area contributed by atoms with Gasteiger partial charge in [0.25, 0.3) is 0 Å². The molecule has 0 aliphatic carbocycles. The van der Waals surface area contributed by atoms with Gasteiger partial charge in [-0.2, -0.15) is 0 Å². The Hall–Kier alpha value is -2.06. The molecule has 3 aromatic rings. The standard InChI is InChI=1S/C24H28N2/c1-25-21-13-6-5-12-20(21)24-22-15-14-19(17-23(24)25)26(22)16-8-7-11-18-9-3-2-4-10-18/h2-6,9-10,12-13,19,22H,7-8,11,14-17H2,1H3/t19-,22+/m1/s1. The molecule has 2 aliphatic heterocycles. The molecule has 0 spiro atoms. The predicted octanol–water partition coefficient (Wildman–Crippen LogP) is 5.26. The highest BCUT2D eigenvalue weighted by atomic mass is 15.2. The molecule has 2 nitrogen and oxygen atoms in total. The first kappa shape index (κ1) is 16.1. The molecule has 2 aromatic carbocycles. The van der Waals surface area contributed by atoms with Crippen molar-refractivity contribution in [2.24, 2.45) is 7.05 Å². The minimum Gasteiger partial charge on any atom is -0.347 e. The van der Waals surface area contributed by atoms with E-state index in [1.165, 1.54) is 61.5 Å². The molecule has 2 heteroatoms. The SMILES string of the molecule is Cn1c2c(c3ccccc31)[C@@H]1CC[C@H](C2)N1CCCCc1ccccc1. The maximum Gasteiger partial charge on any atom is 0.0483 e. The summed E-state index contributed by atoms with van der Waals surface area (Å²) in [7, 11) is 2.26. The molecule has 26 heavy (non-hydrogen) atoms. The van der Waals surface area contributed by atoms with E-state index in [0.717, 1.165) is 6.04 Å². The van der Waals surface area contributed by atoms with E-state index in [9.17, 15) is 0 Å². The van der Waals surface area contributed by atoms with Crippen LogP contribution < -0.4 is 0 Å². The van der Waals surface area contributed by atoms with Gasteiger partial charge in [0.2, 0.25) is 0 Å². The molecule has 2 bridgehead atoms. The lowest BCUT2D eigenvalue weighted by Gasteiger charge is -2.35. The molecule has 0 saturated carbocycles. The van der Waals surface area contributed by atoms with Crippen molar-refractivity contribution in [2.75, 3.05) is 6.54 Å². The van der Waals surface area contributed by atoms with E-state index in [4.69, 9.17) is 0 Å². The zero-order valence-electron chi connectivity index (χ0n) is 15.7. The molecule has 0 unspecified atom stereocenters. The van der Waals surface area contributed by atoms with Crippen molar-refractivity contribution in [1.29, 1.82) is 0 Å². The van der Waals surface area contributed by atoms with Crippen LogP contribution in [0.25, 0.3) is 10.9 Å². The molecule has 2 atom stereocenters. The molecule has 0 N–H and O–H groups in total. The molecule has 1 fully saturated rings. The van der Waals surface area contributed by atoms with Crippen LogP contribution in [0.15, 0.2) is 54.6 Å². The average Bonchev–Trinajstić information content (AvgIpc) is 3.12. The number of hydrogen-bond acceptors (Lipinski definition) is 1. The highest BCUT2D eigenvalue weighted by Gasteiger charge is 2.41. The van der Waals surface area contributed by atoms with Crippen LogP contribution in [0.4, 0.5) is 0 Å². The number of rotatable bonds is 5. The van der Waals surface area contributed by atoms with Crippen molar-refractivity contribution in [2.45, 2.75) is 50.6 Å². The molecule has 2 aliphatic rings. The Bertz CT molecular complexity index is 909. The Morgan fingerprint density at radius 3 is 2.62 bits per heavy atom. The average molecular weight is 345 g/mol. The summed E-state index contributed by atoms with van der Waals surface area (Å²) in [4.78, 5) is 2.83. The van der Waals surface area contributed by atoms with Crippen molar-refractivity contribution in [3.8, 4) is 0 Å². The van der Waals surface area contributed by atoms with Crippen LogP contribution in [0.3, 0.4) is 0 Å². The normalized spacial score (nSPS) is 22.0. The van der Waals surface area contributed by atoms with Gasteiger partial charge in [0.1, 0.15) is 0 Å². The van der Waals surface area contributed by atoms with Crippen molar-refractivity contribution in [3.63, 3.8) is 0 Å². The molecular formula is C24H28N2. The van der Waals surface area contributed by atoms with Crippen LogP contribution in [-0.2, 0) is 19.9 Å². The predicted molar refractivity (Wildman–Crippen MR) is 108 cm³/mol. The van der Waals surface area contributed by atoms with Gasteiger partial charge in [-0.25, -0.2) is 0 Å². The minimum absolute atomic E-state index is 0.645. The summed E-state index contributed by atoms with van der Waals surface area (Å²) in [6, 6.07) is 21.3. The largest absolute Gasteiger partial charge is 0.347 e. The number of hydrogen-bond donors (Lipinski definition) is 0. The number of benzene rings is 2. The third-order valence-corrected chi connectivity index (χ3v) is 6.65. The monoisotopic (exact) mass is 344 g/mol. The molecular weight excluding hydrogens is 316 g/mol. The summed E-state index contributed by atoms with van der Waals surface area (Å²) in [6.45, 7) is 1.25. The summed E-state index contributed by atoms with van der Waals surface area (Å²) in [5.41, 5.74) is 6.12. The number of fused-ring (bicyclic) bond motifs is 6. The first-order valence-electron chi connectivity index (χ1n) is 10.2. The van der Waals surface area contributed by atoms with Crippen LogP contribution in [0.1, 0.15) is 48.5 Å². The lowest BCUT2D eigenvalue weighted by molar-refractivity contribution is 0.173. The van der Waals surface area contributed by atoms with E-state index < -0.39 is 0 Å². The number of aromatic nitrogens is 1. The van der Waals surface area contributed by atoms with E-state index in [1.54, 1.807) is 11.3 Å². The smallest absolute Gasteiger partial charge is 0.0483 e. The topological polar surface area (TPSA) is 8.17 Å². The number of unbranched alkanes of at least 4 members (excludes halogenated alkanes) is 1. The van der Waals surface area contributed by atoms with Crippen LogP contribution in [0, 0.1) is 0 Å². The van der Waals surface area contributed by atoms with Crippen LogP contribution in [0.2, 0.25) is 0 Å². The lowest BCUT2D eigenvalue weighted by Crippen LogP contribution is -2.38. The van der Waals surface area contributed by atoms with E-state index >= 15 is 0 Å². The third kappa shape index (κ3) is 2.59. The summed E-state index contributed by atoms with van der Waals surface area (Å²) < 4.78 is 2.46. The fourth-order valence-electron chi connectivity index (χ4n) is 5.39. The Kier molecular flexibility index (Phi) is 4.09. The van der Waals surface area contributed by atoms with Crippen LogP contribution >= 0.6 is 0 Å². The van der Waals surface area contributed by atoms with Crippen molar-refractivity contribution >= 4 is 10.9 Å². The molecule has 3 heterocycles. The summed E-state index contributed by atoms with van der Waals surface area (Å²) in [5.74, 6) is 0. The minimum atomic E-state index is 0.645. The molecule has 0 amide bonds. The highest BCUT2D eigenvalue weighted by Crippen LogP contribution is 2.47. The highest BCUT2D eigenvalue weighted by molar-refractivity contribution is 5.86. The Morgan fingerprint density at radius 1 is 0.923 bits per heavy atom. The molecule has 1 saturated heterocycles. The maximum absolute atomic E-state index is 2.83. The van der Waals surface area contributed by atoms with Gasteiger partial charge in [-0.15, -0.1) is 0 Å². The van der Waals surface area contributed by atoms with Crippen molar-refractivity contribution in [3.05, 3.63) is 71.4 Å². The molecule has 0 radical (unpaired) electrons. The zero-order chi connectivity index (χ0) is 17.5. The van der Waals surface area contributed by atoms with Crippen molar-refractivity contribution < 1.29 is 0 Å². The first-order valence-corrected chi connectivity index (χ1v) is 10.2. The number of para-hydroxylation sites is 1. The summed E-state index contributed by atoms with van der Waals surface area (Å²) >= 11 is 0. The van der Waals surface area contributed by atoms with Gasteiger partial charge < -0.3 is 4.57 Å². The van der Waals surface area contributed by atoms with Crippen molar-refractivity contribution in [1.82, 2.24) is 9.47 Å². The van der Waals surface area contributed by atoms with E-state index in [0.29, 0.717) is 6.04 Å². The number of nitrogens with zero attached hydrogens (tertiary/aromatic N) is 2. The first-order chi connectivity index (χ1) is 12.8. The Balaban J connectivity index is 1.32. The molecule has 134 valence electrons. The maximum atomic E-state index is 2.83. The second-order valence-electron chi connectivity index (χ2n) is 8.07. The van der Waals surface area contributed by atoms with Gasteiger partial charge in [0.15, 0.2) is 0 Å². The molecule has 5 rings (SSSR count). The third-order valence-electron chi connectivity index (χ3n) is 6.65. The second-order valence-corrected chi connectivity index (χ2v) is 8.07. The van der Waals surface area contributed by atoms with Gasteiger partial charge >= 0.3 is 0 Å². The summed E-state index contributed by atoms with van der Waals surface area (Å²) in [6.07, 6.45) is 7.75. The molecule has 1 aromatic heterocycles. The van der Waals surface area contributed by atoms with E-state index in [1.807, 2.05) is 0 Å². The van der Waals surface area contributed by atoms with Crippen LogP contribution in [0.5, 0.6) is 0 Å². The van der Waals surface area contributed by atoms with Gasteiger partial charge in [-0.1, -0.05) is 48.5 Å². The van der Waals surface area contributed by atoms with Crippen LogP contribution in [-0.4, -0.2) is 22.1 Å². The Labute approximate surface area is 156 Å². The van der Waals surface area contributed by atoms with Gasteiger partial charge in [0, 0.05) is 42.1 Å². The quantitative estimate of drug-likeness (QED) is 0.573. The number of aryl methyl sites for hydroxylation is 2. The van der Waals surface area contributed by atoms with E-state index in [2.05, 4.69) is 71.1 Å². The fraction of sp³-hybridized carbons (Fsp3) is 0.417. The fourth-order valence-corrected chi connectivity index (χ4v) is 5.39.